The molecule has 4 aromatic carbocycles. The Bertz CT molecular complexity index is 2750. The molecule has 0 saturated carbocycles. The van der Waals surface area contributed by atoms with E-state index in [0.29, 0.717) is 31.5 Å². The van der Waals surface area contributed by atoms with Crippen molar-refractivity contribution in [1.29, 1.82) is 0 Å². The molecule has 0 unspecified atom stereocenters. The van der Waals surface area contributed by atoms with Gasteiger partial charge in [0.1, 0.15) is 24.9 Å². The van der Waals surface area contributed by atoms with Crippen LogP contribution < -0.4 is 0 Å². The van der Waals surface area contributed by atoms with E-state index >= 15 is 0 Å². The summed E-state index contributed by atoms with van der Waals surface area (Å²) in [7, 11) is -0.244. The lowest BCUT2D eigenvalue weighted by Crippen LogP contribution is -2.41. The normalized spacial score (nSPS) is 17.2. The second-order valence-electron chi connectivity index (χ2n) is 17.0. The Hall–Kier alpha value is -4.40. The van der Waals surface area contributed by atoms with Crippen molar-refractivity contribution in [3.63, 3.8) is 0 Å². The highest BCUT2D eigenvalue weighted by atomic mass is 79.9. The maximum Gasteiger partial charge on any atom is 0.495 e. The number of allylic oxidation sites excluding steroid dienone is 2. The number of aryl methyl sites for hydroxylation is 4. The molecule has 0 radical (unpaired) electrons. The van der Waals surface area contributed by atoms with Gasteiger partial charge in [-0.2, -0.15) is 0 Å². The molecule has 6 aromatic rings. The van der Waals surface area contributed by atoms with Crippen molar-refractivity contribution < 1.29 is 18.8 Å². The number of aromatic nitrogens is 6. The van der Waals surface area contributed by atoms with Crippen LogP contribution in [-0.2, 0) is 58.1 Å². The Kier molecular flexibility index (Phi) is 14.3. The molecule has 0 spiro atoms. The van der Waals surface area contributed by atoms with Gasteiger partial charge in [-0.15, -0.1) is 20.4 Å². The summed E-state index contributed by atoms with van der Waals surface area (Å²) in [6, 6.07) is 25.0. The summed E-state index contributed by atoms with van der Waals surface area (Å²) in [6.45, 7) is 14.2. The van der Waals surface area contributed by atoms with Gasteiger partial charge in [-0.1, -0.05) is 98.7 Å². The summed E-state index contributed by atoms with van der Waals surface area (Å²) in [5, 5.41) is 18.1. The van der Waals surface area contributed by atoms with Crippen LogP contribution in [0.4, 0.5) is 0 Å². The lowest BCUT2D eigenvalue weighted by molar-refractivity contribution is 0.00578. The zero-order chi connectivity index (χ0) is 43.3. The number of nitrogens with zero attached hydrogens (tertiary/aromatic N) is 6. The van der Waals surface area contributed by atoms with E-state index in [4.69, 9.17) is 42.0 Å². The second-order valence-corrected chi connectivity index (χ2v) is 18.6. The van der Waals surface area contributed by atoms with Crippen molar-refractivity contribution in [3.8, 4) is 11.4 Å². The molecule has 2 aliphatic carbocycles. The van der Waals surface area contributed by atoms with Gasteiger partial charge in [0.2, 0.25) is 0 Å². The van der Waals surface area contributed by atoms with E-state index in [0.717, 1.165) is 86.5 Å². The molecule has 10 nitrogen and oxygen atoms in total. The third kappa shape index (κ3) is 8.83. The molecular formula is C50H56BBrCl2N6O4. The van der Waals surface area contributed by atoms with Crippen molar-refractivity contribution in [2.75, 3.05) is 0 Å². The van der Waals surface area contributed by atoms with Crippen LogP contribution in [0.3, 0.4) is 0 Å². The number of halogens is 3. The standard InChI is InChI=1S/C21H18ClN3O.C16H21BO2.C11H9BrClN3O.2CH4/c1-13-23-24-20-12-26-11-17-19(25(13)20)10-9-18(22)21(17)16-8-4-6-14-5-2-3-7-15(14)16;1-15(2)16(3,4)19-17(18-15)14-11-7-9-12-8-5-6-10-13(12)14;1-6-14-15-10-5-17-4-7-9(16(6)10)3-2-8(13)11(7)12;;/h2-3,5,7-10H,4,6,11-12H2,1H3;5-6,8,10-11H,7,9H2,1-4H3;2-3H,4-5H2,1H3;2*1H4. The summed E-state index contributed by atoms with van der Waals surface area (Å²) >= 11 is 16.3. The van der Waals surface area contributed by atoms with E-state index in [1.165, 1.54) is 33.3 Å². The van der Waals surface area contributed by atoms with Gasteiger partial charge >= 0.3 is 7.12 Å². The predicted octanol–water partition coefficient (Wildman–Crippen LogP) is 12.6. The van der Waals surface area contributed by atoms with Crippen molar-refractivity contribution in [2.24, 2.45) is 0 Å². The van der Waals surface area contributed by atoms with Crippen molar-refractivity contribution in [3.05, 3.63) is 162 Å². The molecule has 2 aromatic heterocycles. The third-order valence-corrected chi connectivity index (χ3v) is 14.3. The van der Waals surface area contributed by atoms with Crippen molar-refractivity contribution >= 4 is 57.3 Å². The van der Waals surface area contributed by atoms with Crippen LogP contribution in [0.15, 0.2) is 89.4 Å². The number of ether oxygens (including phenoxy) is 2. The van der Waals surface area contributed by atoms with E-state index in [2.05, 4.69) is 129 Å². The fraction of sp³-hybridized carbons (Fsp3) is 0.360. The number of rotatable bonds is 2. The second kappa shape index (κ2) is 19.2. The molecule has 64 heavy (non-hydrogen) atoms. The molecule has 0 atom stereocenters. The first-order valence-corrected chi connectivity index (χ1v) is 22.6. The average molecular weight is 967 g/mol. The molecule has 1 fully saturated rings. The molecule has 14 heteroatoms. The van der Waals surface area contributed by atoms with Gasteiger partial charge in [0, 0.05) is 26.2 Å². The first-order chi connectivity index (χ1) is 29.8. The summed E-state index contributed by atoms with van der Waals surface area (Å²) in [5.41, 5.74) is 12.4. The number of benzene rings is 4. The smallest absolute Gasteiger partial charge is 0.399 e. The molecule has 0 bridgehead atoms. The van der Waals surface area contributed by atoms with Gasteiger partial charge < -0.3 is 18.8 Å². The minimum Gasteiger partial charge on any atom is -0.399 e. The molecule has 334 valence electrons. The van der Waals surface area contributed by atoms with E-state index in [1.807, 2.05) is 42.7 Å². The predicted molar refractivity (Wildman–Crippen MR) is 261 cm³/mol. The first kappa shape index (κ1) is 47.6. The molecule has 0 N–H and O–H groups in total. The summed E-state index contributed by atoms with van der Waals surface area (Å²) in [5.74, 6) is 3.35. The molecule has 0 amide bonds. The topological polar surface area (TPSA) is 98.3 Å². The van der Waals surface area contributed by atoms with Crippen LogP contribution in [0.2, 0.25) is 10.0 Å². The largest absolute Gasteiger partial charge is 0.495 e. The molecule has 5 heterocycles. The van der Waals surface area contributed by atoms with Crippen molar-refractivity contribution in [1.82, 2.24) is 29.5 Å². The highest BCUT2D eigenvalue weighted by molar-refractivity contribution is 9.10. The lowest BCUT2D eigenvalue weighted by atomic mass is 9.70. The third-order valence-electron chi connectivity index (χ3n) is 12.6. The van der Waals surface area contributed by atoms with Crippen LogP contribution in [0.5, 0.6) is 0 Å². The molecule has 11 rings (SSSR count). The van der Waals surface area contributed by atoms with E-state index in [-0.39, 0.29) is 33.2 Å². The van der Waals surface area contributed by atoms with Crippen LogP contribution in [-0.4, -0.2) is 47.8 Å². The monoisotopic (exact) mass is 964 g/mol. The quantitative estimate of drug-likeness (QED) is 0.158. The maximum atomic E-state index is 6.72. The molecule has 3 aliphatic heterocycles. The fourth-order valence-corrected chi connectivity index (χ4v) is 9.63. The van der Waals surface area contributed by atoms with Gasteiger partial charge in [-0.3, -0.25) is 9.13 Å². The van der Waals surface area contributed by atoms with Gasteiger partial charge in [0.15, 0.2) is 11.6 Å². The zero-order valence-corrected chi connectivity index (χ0v) is 38.9. The first-order valence-electron chi connectivity index (χ1n) is 21.0. The van der Waals surface area contributed by atoms with Crippen molar-refractivity contribution in [2.45, 2.75) is 120 Å². The van der Waals surface area contributed by atoms with E-state index in [1.54, 1.807) is 0 Å². The van der Waals surface area contributed by atoms with Crippen LogP contribution >= 0.6 is 39.1 Å². The average Bonchev–Trinajstić information content (AvgIpc) is 3.76. The van der Waals surface area contributed by atoms with Crippen LogP contribution in [0, 0.1) is 13.8 Å². The Morgan fingerprint density at radius 2 is 1.11 bits per heavy atom. The fourth-order valence-electron chi connectivity index (χ4n) is 8.73. The van der Waals surface area contributed by atoms with Crippen LogP contribution in [0.1, 0.15) is 118 Å². The lowest BCUT2D eigenvalue weighted by Gasteiger charge is -2.32. The minimum absolute atomic E-state index is 0. The summed E-state index contributed by atoms with van der Waals surface area (Å²) in [6.07, 6.45) is 8.83. The summed E-state index contributed by atoms with van der Waals surface area (Å²) in [4.78, 5) is 0. The zero-order valence-electron chi connectivity index (χ0n) is 35.8. The number of fused-ring (bicyclic) bond motifs is 8. The highest BCUT2D eigenvalue weighted by Crippen LogP contribution is 2.43. The molecule has 1 saturated heterocycles. The Balaban J connectivity index is 0.000000145. The maximum absolute atomic E-state index is 6.72. The SMILES string of the molecule is C.C.CC1(C)OB(C2=CCCc3ccccc32)OC1(C)C.Cc1nnc2n1-c1ccc(Cl)c(Br)c1COC2.Cc1nnc2n1-c1ccc(Cl)c(C3=CCCc4ccccc43)c1COC2. The molecular weight excluding hydrogens is 910 g/mol. The van der Waals surface area contributed by atoms with Crippen LogP contribution in [0.25, 0.3) is 22.4 Å². The van der Waals surface area contributed by atoms with Gasteiger partial charge in [0.05, 0.1) is 40.8 Å². The molecule has 5 aliphatic rings. The Morgan fingerprint density at radius 3 is 1.72 bits per heavy atom. The van der Waals surface area contributed by atoms with E-state index in [9.17, 15) is 0 Å². The Morgan fingerprint density at radius 1 is 0.609 bits per heavy atom. The number of hydrogen-bond acceptors (Lipinski definition) is 8. The highest BCUT2D eigenvalue weighted by Gasteiger charge is 2.52. The minimum atomic E-state index is -0.273. The van der Waals surface area contributed by atoms with Gasteiger partial charge in [0.25, 0.3) is 0 Å². The summed E-state index contributed by atoms with van der Waals surface area (Å²) < 4.78 is 28.8. The number of hydrogen-bond donors (Lipinski definition) is 0. The van der Waals surface area contributed by atoms with E-state index < -0.39 is 0 Å². The van der Waals surface area contributed by atoms with Gasteiger partial charge in [-0.05, 0) is 141 Å². The Labute approximate surface area is 396 Å². The van der Waals surface area contributed by atoms with Gasteiger partial charge in [-0.25, -0.2) is 0 Å².